The zero-order valence-corrected chi connectivity index (χ0v) is 12.7. The second-order valence-electron chi connectivity index (χ2n) is 3.97. The molecule has 0 saturated carbocycles. The van der Waals surface area contributed by atoms with E-state index in [0.717, 1.165) is 18.2 Å². The van der Waals surface area contributed by atoms with Crippen LogP contribution in [0, 0.1) is 5.82 Å². The molecule has 0 aliphatic heterocycles. The highest BCUT2D eigenvalue weighted by Crippen LogP contribution is 2.22. The quantitative estimate of drug-likeness (QED) is 0.833. The molecular formula is C12H9BrFNO5S. The maximum absolute atomic E-state index is 12.9. The summed E-state index contributed by atoms with van der Waals surface area (Å²) in [4.78, 5) is 10.5. The molecule has 0 aliphatic carbocycles. The largest absolute Gasteiger partial charge is 0.475 e. The van der Waals surface area contributed by atoms with Gasteiger partial charge in [0.15, 0.2) is 0 Å². The Labute approximate surface area is 127 Å². The second kappa shape index (κ2) is 5.96. The normalized spacial score (nSPS) is 11.5. The number of hydrogen-bond donors (Lipinski definition) is 2. The summed E-state index contributed by atoms with van der Waals surface area (Å²) in [6.45, 7) is -0.223. The molecule has 9 heteroatoms. The van der Waals surface area contributed by atoms with Crippen LogP contribution < -0.4 is 4.72 Å². The van der Waals surface area contributed by atoms with Gasteiger partial charge in [-0.05, 0) is 46.3 Å². The third kappa shape index (κ3) is 3.69. The lowest BCUT2D eigenvalue weighted by Crippen LogP contribution is -2.23. The van der Waals surface area contributed by atoms with E-state index >= 15 is 0 Å². The molecule has 6 nitrogen and oxygen atoms in total. The van der Waals surface area contributed by atoms with Gasteiger partial charge in [-0.2, -0.15) is 0 Å². The van der Waals surface area contributed by atoms with Gasteiger partial charge in [0.05, 0.1) is 11.4 Å². The van der Waals surface area contributed by atoms with Crippen molar-refractivity contribution < 1.29 is 27.1 Å². The van der Waals surface area contributed by atoms with Gasteiger partial charge >= 0.3 is 5.97 Å². The molecule has 0 aliphatic rings. The Morgan fingerprint density at radius 3 is 2.62 bits per heavy atom. The maximum atomic E-state index is 12.9. The monoisotopic (exact) mass is 377 g/mol. The van der Waals surface area contributed by atoms with Gasteiger partial charge in [-0.15, -0.1) is 0 Å². The second-order valence-corrected chi connectivity index (χ2v) is 6.56. The summed E-state index contributed by atoms with van der Waals surface area (Å²) in [6.07, 6.45) is 0. The fourth-order valence-corrected chi connectivity index (χ4v) is 3.57. The Balaban J connectivity index is 2.15. The number of carboxylic acids is 1. The summed E-state index contributed by atoms with van der Waals surface area (Å²) in [7, 11) is -3.89. The number of aromatic carboxylic acids is 1. The molecule has 2 aromatic rings. The summed E-state index contributed by atoms with van der Waals surface area (Å²) in [5, 5.41) is 8.69. The molecule has 1 aromatic heterocycles. The third-order valence-electron chi connectivity index (χ3n) is 2.49. The Kier molecular flexibility index (Phi) is 4.45. The minimum absolute atomic E-state index is 0.0840. The zero-order valence-electron chi connectivity index (χ0n) is 10.3. The molecule has 0 amide bonds. The minimum Gasteiger partial charge on any atom is -0.475 e. The van der Waals surface area contributed by atoms with Crippen molar-refractivity contribution in [3.8, 4) is 0 Å². The maximum Gasteiger partial charge on any atom is 0.371 e. The van der Waals surface area contributed by atoms with Gasteiger partial charge in [-0.3, -0.25) is 0 Å². The molecule has 21 heavy (non-hydrogen) atoms. The van der Waals surface area contributed by atoms with Crippen molar-refractivity contribution in [3.05, 3.63) is 52.1 Å². The van der Waals surface area contributed by atoms with Crippen molar-refractivity contribution in [2.75, 3.05) is 0 Å². The molecule has 2 rings (SSSR count). The topological polar surface area (TPSA) is 96.6 Å². The molecule has 0 bridgehead atoms. The fourth-order valence-electron chi connectivity index (χ4n) is 1.52. The van der Waals surface area contributed by atoms with E-state index in [1.54, 1.807) is 0 Å². The first-order valence-corrected chi connectivity index (χ1v) is 7.84. The van der Waals surface area contributed by atoms with Gasteiger partial charge in [0, 0.05) is 4.47 Å². The third-order valence-corrected chi connectivity index (χ3v) is 4.87. The fraction of sp³-hybridized carbons (Fsp3) is 0.0833. The van der Waals surface area contributed by atoms with E-state index in [1.807, 2.05) is 0 Å². The number of sulfonamides is 1. The molecule has 112 valence electrons. The number of furan rings is 1. The van der Waals surface area contributed by atoms with Crippen molar-refractivity contribution >= 4 is 31.9 Å². The standard InChI is InChI=1S/C12H9BrFNO5S/c13-9-5-7(14)1-4-11(9)21(18,19)15-6-8-2-3-10(20-8)12(16)17/h1-5,15H,6H2,(H,16,17). The lowest BCUT2D eigenvalue weighted by Gasteiger charge is -2.07. The van der Waals surface area contributed by atoms with Crippen molar-refractivity contribution in [2.45, 2.75) is 11.4 Å². The predicted molar refractivity (Wildman–Crippen MR) is 73.8 cm³/mol. The average molecular weight is 378 g/mol. The summed E-state index contributed by atoms with van der Waals surface area (Å²) < 4.78 is 44.3. The van der Waals surface area contributed by atoms with Crippen LogP contribution in [-0.4, -0.2) is 19.5 Å². The van der Waals surface area contributed by atoms with Crippen LogP contribution in [0.4, 0.5) is 4.39 Å². The van der Waals surface area contributed by atoms with Gasteiger partial charge < -0.3 is 9.52 Å². The number of carboxylic acid groups (broad SMARTS) is 1. The van der Waals surface area contributed by atoms with E-state index in [4.69, 9.17) is 9.52 Å². The predicted octanol–water partition coefficient (Wildman–Crippen LogP) is 2.36. The SMILES string of the molecule is O=C(O)c1ccc(CNS(=O)(=O)c2ccc(F)cc2Br)o1. The Morgan fingerprint density at radius 2 is 2.05 bits per heavy atom. The zero-order chi connectivity index (χ0) is 15.6. The molecule has 0 fully saturated rings. The molecule has 0 saturated heterocycles. The van der Waals surface area contributed by atoms with E-state index < -0.39 is 21.8 Å². The van der Waals surface area contributed by atoms with Crippen molar-refractivity contribution in [3.63, 3.8) is 0 Å². The van der Waals surface area contributed by atoms with E-state index in [1.165, 1.54) is 12.1 Å². The van der Waals surface area contributed by atoms with Crippen LogP contribution in [0.3, 0.4) is 0 Å². The average Bonchev–Trinajstić information content (AvgIpc) is 2.85. The van der Waals surface area contributed by atoms with Crippen molar-refractivity contribution in [1.29, 1.82) is 0 Å². The molecular weight excluding hydrogens is 369 g/mol. The van der Waals surface area contributed by atoms with E-state index in [2.05, 4.69) is 20.7 Å². The molecule has 0 atom stereocenters. The number of benzene rings is 1. The molecule has 0 spiro atoms. The van der Waals surface area contributed by atoms with Crippen LogP contribution in [0.1, 0.15) is 16.3 Å². The highest BCUT2D eigenvalue weighted by molar-refractivity contribution is 9.10. The van der Waals surface area contributed by atoms with Gasteiger partial charge in [-0.25, -0.2) is 22.3 Å². The number of halogens is 2. The first-order valence-electron chi connectivity index (χ1n) is 5.56. The van der Waals surface area contributed by atoms with Gasteiger partial charge in [0.1, 0.15) is 11.6 Å². The van der Waals surface area contributed by atoms with Crippen LogP contribution in [-0.2, 0) is 16.6 Å². The van der Waals surface area contributed by atoms with Crippen LogP contribution in [0.2, 0.25) is 0 Å². The Hall–Kier alpha value is -1.71. The highest BCUT2D eigenvalue weighted by Gasteiger charge is 2.19. The first-order chi connectivity index (χ1) is 9.79. The van der Waals surface area contributed by atoms with Crippen molar-refractivity contribution in [2.24, 2.45) is 0 Å². The summed E-state index contributed by atoms with van der Waals surface area (Å²) in [5.74, 6) is -1.95. The lowest BCUT2D eigenvalue weighted by molar-refractivity contribution is 0.0660. The van der Waals surface area contributed by atoms with Gasteiger partial charge in [-0.1, -0.05) is 0 Å². The number of rotatable bonds is 5. The molecule has 2 N–H and O–H groups in total. The minimum atomic E-state index is -3.89. The lowest BCUT2D eigenvalue weighted by atomic mass is 10.3. The summed E-state index contributed by atoms with van der Waals surface area (Å²) in [6, 6.07) is 5.75. The Morgan fingerprint density at radius 1 is 1.33 bits per heavy atom. The Bertz CT molecular complexity index is 787. The van der Waals surface area contributed by atoms with Gasteiger partial charge in [0.2, 0.25) is 15.8 Å². The first kappa shape index (κ1) is 15.7. The number of carbonyl (C=O) groups is 1. The van der Waals surface area contributed by atoms with Gasteiger partial charge in [0.25, 0.3) is 0 Å². The van der Waals surface area contributed by atoms with Crippen molar-refractivity contribution in [1.82, 2.24) is 4.72 Å². The highest BCUT2D eigenvalue weighted by atomic mass is 79.9. The van der Waals surface area contributed by atoms with Crippen LogP contribution in [0.5, 0.6) is 0 Å². The smallest absolute Gasteiger partial charge is 0.371 e. The summed E-state index contributed by atoms with van der Waals surface area (Å²) >= 11 is 2.97. The number of nitrogens with one attached hydrogen (secondary N) is 1. The molecule has 0 unspecified atom stereocenters. The van der Waals surface area contributed by atoms with Crippen LogP contribution >= 0.6 is 15.9 Å². The number of hydrogen-bond acceptors (Lipinski definition) is 4. The van der Waals surface area contributed by atoms with Crippen LogP contribution in [0.15, 0.2) is 44.1 Å². The molecule has 1 heterocycles. The van der Waals surface area contributed by atoms with E-state index in [9.17, 15) is 17.6 Å². The summed E-state index contributed by atoms with van der Waals surface area (Å²) in [5.41, 5.74) is 0. The van der Waals surface area contributed by atoms with E-state index in [0.29, 0.717) is 0 Å². The molecule has 0 radical (unpaired) electrons. The molecule has 1 aromatic carbocycles. The van der Waals surface area contributed by atoms with E-state index in [-0.39, 0.29) is 27.4 Å². The van der Waals surface area contributed by atoms with Crippen LogP contribution in [0.25, 0.3) is 0 Å².